The van der Waals surface area contributed by atoms with Crippen molar-refractivity contribution in [3.63, 3.8) is 0 Å². The fourth-order valence-electron chi connectivity index (χ4n) is 6.31. The fourth-order valence-corrected chi connectivity index (χ4v) is 6.31. The van der Waals surface area contributed by atoms with Crippen LogP contribution in [0.2, 0.25) is 0 Å². The molecule has 0 saturated carbocycles. The monoisotopic (exact) mass is 509 g/mol. The number of nitrogens with two attached hydrogens (primary N) is 1. The first-order chi connectivity index (χ1) is 16.5. The first-order valence-corrected chi connectivity index (χ1v) is 13.3. The van der Waals surface area contributed by atoms with E-state index >= 15 is 0 Å². The summed E-state index contributed by atoms with van der Waals surface area (Å²) in [7, 11) is 0. The van der Waals surface area contributed by atoms with E-state index in [2.05, 4.69) is 15.4 Å². The van der Waals surface area contributed by atoms with Crippen LogP contribution < -0.4 is 11.2 Å². The van der Waals surface area contributed by atoms with Gasteiger partial charge in [-0.2, -0.15) is 15.2 Å². The number of hydrogen-bond donors (Lipinski definition) is 4. The van der Waals surface area contributed by atoms with E-state index in [4.69, 9.17) is 5.84 Å². The van der Waals surface area contributed by atoms with E-state index in [1.807, 2.05) is 67.2 Å². The fraction of sp³-hybridized carbons (Fsp3) is 0.885. The minimum absolute atomic E-state index is 0.0417. The SMILES string of the molecule is CCN=CC(CCCN(C(=O)NC1CC(C)(C)N(O)C(C)(C)C1)C1CC(C)(C)N(O)C(C)(C)C1)=NN. The van der Waals surface area contributed by atoms with Crippen molar-refractivity contribution in [3.8, 4) is 0 Å². The van der Waals surface area contributed by atoms with Gasteiger partial charge < -0.3 is 26.5 Å². The Balaban J connectivity index is 2.24. The number of hydrogen-bond acceptors (Lipinski definition) is 8. The first kappa shape index (κ1) is 30.5. The summed E-state index contributed by atoms with van der Waals surface area (Å²) in [5, 5.41) is 31.5. The maximum absolute atomic E-state index is 13.8. The molecule has 208 valence electrons. The predicted octanol–water partition coefficient (Wildman–Crippen LogP) is 4.01. The molecule has 0 aromatic rings. The number of rotatable bonds is 8. The Hall–Kier alpha value is -1.75. The van der Waals surface area contributed by atoms with Crippen LogP contribution in [-0.2, 0) is 0 Å². The molecule has 0 unspecified atom stereocenters. The van der Waals surface area contributed by atoms with Gasteiger partial charge in [-0.3, -0.25) is 4.99 Å². The highest BCUT2D eigenvalue weighted by molar-refractivity contribution is 6.30. The molecule has 0 spiro atoms. The number of nitrogens with one attached hydrogen (secondary N) is 1. The van der Waals surface area contributed by atoms with Crippen molar-refractivity contribution in [1.29, 1.82) is 0 Å². The number of carbonyl (C=O) groups excluding carboxylic acids is 1. The van der Waals surface area contributed by atoms with Gasteiger partial charge in [-0.05, 0) is 101 Å². The topological polar surface area (TPSA) is 130 Å². The number of aliphatic imine (C=N–C) groups is 1. The molecule has 0 bridgehead atoms. The molecule has 36 heavy (non-hydrogen) atoms. The number of hydroxylamine groups is 4. The molecule has 0 atom stereocenters. The normalized spacial score (nSPS) is 25.2. The van der Waals surface area contributed by atoms with Gasteiger partial charge in [0.25, 0.3) is 0 Å². The molecular formula is C26H51N7O3. The van der Waals surface area contributed by atoms with Gasteiger partial charge in [0.05, 0.1) is 5.71 Å². The van der Waals surface area contributed by atoms with Crippen molar-refractivity contribution >= 4 is 18.0 Å². The summed E-state index contributed by atoms with van der Waals surface area (Å²) >= 11 is 0. The Morgan fingerprint density at radius 2 is 1.44 bits per heavy atom. The third-order valence-corrected chi connectivity index (χ3v) is 7.71. The van der Waals surface area contributed by atoms with E-state index in [1.54, 1.807) is 6.21 Å². The van der Waals surface area contributed by atoms with Crippen molar-refractivity contribution in [2.75, 3.05) is 13.1 Å². The minimum atomic E-state index is -0.477. The molecule has 2 fully saturated rings. The quantitative estimate of drug-likeness (QED) is 0.222. The number of amides is 2. The van der Waals surface area contributed by atoms with Gasteiger partial charge in [-0.25, -0.2) is 4.79 Å². The molecule has 2 aliphatic heterocycles. The van der Waals surface area contributed by atoms with E-state index in [-0.39, 0.29) is 18.1 Å². The highest BCUT2D eigenvalue weighted by Gasteiger charge is 2.49. The van der Waals surface area contributed by atoms with Crippen LogP contribution in [0.4, 0.5) is 4.79 Å². The molecule has 2 amide bonds. The molecule has 10 heteroatoms. The molecule has 2 saturated heterocycles. The highest BCUT2D eigenvalue weighted by Crippen LogP contribution is 2.40. The maximum atomic E-state index is 13.8. The Morgan fingerprint density at radius 3 is 1.89 bits per heavy atom. The van der Waals surface area contributed by atoms with Crippen LogP contribution in [0.3, 0.4) is 0 Å². The van der Waals surface area contributed by atoms with Gasteiger partial charge in [-0.1, -0.05) is 0 Å². The molecule has 2 aliphatic rings. The number of urea groups is 1. The predicted molar refractivity (Wildman–Crippen MR) is 145 cm³/mol. The lowest BCUT2D eigenvalue weighted by Crippen LogP contribution is -2.66. The van der Waals surface area contributed by atoms with Gasteiger partial charge in [0.2, 0.25) is 0 Å². The lowest BCUT2D eigenvalue weighted by molar-refractivity contribution is -0.250. The van der Waals surface area contributed by atoms with Gasteiger partial charge in [0, 0.05) is 53.5 Å². The van der Waals surface area contributed by atoms with Crippen LogP contribution >= 0.6 is 0 Å². The average Bonchev–Trinajstić information content (AvgIpc) is 2.74. The van der Waals surface area contributed by atoms with E-state index in [1.165, 1.54) is 10.1 Å². The van der Waals surface area contributed by atoms with Crippen LogP contribution in [0.15, 0.2) is 10.1 Å². The molecule has 5 N–H and O–H groups in total. The third-order valence-electron chi connectivity index (χ3n) is 7.71. The number of carbonyl (C=O) groups is 1. The zero-order valence-electron chi connectivity index (χ0n) is 24.0. The number of hydrazone groups is 1. The van der Waals surface area contributed by atoms with Crippen LogP contribution in [0.5, 0.6) is 0 Å². The van der Waals surface area contributed by atoms with Crippen molar-refractivity contribution in [2.45, 2.75) is 135 Å². The largest absolute Gasteiger partial charge is 0.335 e. The summed E-state index contributed by atoms with van der Waals surface area (Å²) in [4.78, 5) is 20.0. The molecule has 0 aliphatic carbocycles. The molecule has 0 radical (unpaired) electrons. The van der Waals surface area contributed by atoms with Crippen molar-refractivity contribution in [2.24, 2.45) is 15.9 Å². The van der Waals surface area contributed by atoms with Crippen LogP contribution in [0.1, 0.15) is 101 Å². The molecule has 10 nitrogen and oxygen atoms in total. The van der Waals surface area contributed by atoms with Crippen molar-refractivity contribution < 1.29 is 15.2 Å². The second-order valence-corrected chi connectivity index (χ2v) is 13.0. The summed E-state index contributed by atoms with van der Waals surface area (Å²) in [5.41, 5.74) is -1.16. The van der Waals surface area contributed by atoms with E-state index in [0.717, 1.165) is 0 Å². The van der Waals surface area contributed by atoms with Crippen molar-refractivity contribution in [1.82, 2.24) is 20.3 Å². The number of nitrogens with zero attached hydrogens (tertiary/aromatic N) is 5. The Kier molecular flexibility index (Phi) is 9.59. The number of piperidine rings is 2. The molecular weight excluding hydrogens is 458 g/mol. The van der Waals surface area contributed by atoms with Gasteiger partial charge in [-0.15, -0.1) is 0 Å². The summed E-state index contributed by atoms with van der Waals surface area (Å²) in [6.45, 7) is 19.2. The zero-order valence-corrected chi connectivity index (χ0v) is 24.0. The second-order valence-electron chi connectivity index (χ2n) is 13.0. The standard InChI is InChI=1S/C26H51N7O3/c1-10-28-18-19(30-27)12-11-13-31(21-16-25(6,7)33(36)26(8,9)17-21)22(34)29-20-14-23(2,3)32(35)24(4,5)15-20/h18,20-21,35-36H,10-17,27H2,1-9H3,(H,29,34). The zero-order chi connectivity index (χ0) is 27.5. The summed E-state index contributed by atoms with van der Waals surface area (Å²) < 4.78 is 0. The average molecular weight is 510 g/mol. The second kappa shape index (κ2) is 11.3. The first-order valence-electron chi connectivity index (χ1n) is 13.3. The van der Waals surface area contributed by atoms with Crippen molar-refractivity contribution in [3.05, 3.63) is 0 Å². The van der Waals surface area contributed by atoms with E-state index in [0.29, 0.717) is 57.3 Å². The summed E-state index contributed by atoms with van der Waals surface area (Å²) in [6.07, 6.45) is 5.63. The Labute approximate surface area is 217 Å². The van der Waals surface area contributed by atoms with E-state index in [9.17, 15) is 15.2 Å². The van der Waals surface area contributed by atoms with Crippen LogP contribution in [0.25, 0.3) is 0 Å². The minimum Gasteiger partial charge on any atom is -0.335 e. The lowest BCUT2D eigenvalue weighted by Gasteiger charge is -2.54. The molecule has 0 aromatic carbocycles. The summed E-state index contributed by atoms with van der Waals surface area (Å²) in [5.74, 6) is 5.55. The molecule has 2 rings (SSSR count). The molecule has 0 aromatic heterocycles. The van der Waals surface area contributed by atoms with Gasteiger partial charge in [0.15, 0.2) is 0 Å². The van der Waals surface area contributed by atoms with Gasteiger partial charge in [0.1, 0.15) is 0 Å². The Morgan fingerprint density at radius 1 is 0.972 bits per heavy atom. The van der Waals surface area contributed by atoms with Crippen LogP contribution in [-0.4, -0.2) is 90.7 Å². The molecule has 2 heterocycles. The van der Waals surface area contributed by atoms with E-state index < -0.39 is 22.2 Å². The Bertz CT molecular complexity index is 786. The smallest absolute Gasteiger partial charge is 0.317 e. The lowest BCUT2D eigenvalue weighted by atomic mass is 9.78. The highest BCUT2D eigenvalue weighted by atomic mass is 16.5. The maximum Gasteiger partial charge on any atom is 0.317 e. The third kappa shape index (κ3) is 7.18. The van der Waals surface area contributed by atoms with Crippen LogP contribution in [0, 0.1) is 0 Å². The summed E-state index contributed by atoms with van der Waals surface area (Å²) in [6, 6.07) is -0.209. The van der Waals surface area contributed by atoms with Gasteiger partial charge >= 0.3 is 6.03 Å².